The lowest BCUT2D eigenvalue weighted by Crippen LogP contribution is -2.35. The van der Waals surface area contributed by atoms with Crippen LogP contribution in [-0.4, -0.2) is 46.8 Å². The van der Waals surface area contributed by atoms with Gasteiger partial charge in [-0.1, -0.05) is 50.3 Å². The molecule has 11 atom stereocenters. The molecule has 7 unspecified atom stereocenters. The fraction of sp³-hybridized carbons (Fsp3) is 0.789. The summed E-state index contributed by atoms with van der Waals surface area (Å²) in [5.41, 5.74) is 3.43. The number of aliphatic hydroxyl groups excluding tert-OH is 2. The van der Waals surface area contributed by atoms with E-state index in [9.17, 15) is 19.3 Å². The first-order valence-corrected chi connectivity index (χ1v) is 20.5. The molecule has 0 spiro atoms. The van der Waals surface area contributed by atoms with Crippen LogP contribution in [0.25, 0.3) is 0 Å². The number of hydrogen-bond donors (Lipinski definition) is 2. The van der Waals surface area contributed by atoms with Crippen molar-refractivity contribution in [3.8, 4) is 0 Å². The molecule has 0 saturated heterocycles. The second-order valence-electron chi connectivity index (χ2n) is 15.4. The molecule has 10 heteroatoms. The van der Waals surface area contributed by atoms with Crippen LogP contribution in [0.2, 0.25) is 0 Å². The topological polar surface area (TPSA) is 112 Å². The molecule has 3 saturated carbocycles. The highest BCUT2D eigenvalue weighted by Gasteiger charge is 2.50. The first-order valence-electron chi connectivity index (χ1n) is 18.3. The average Bonchev–Trinajstić information content (AvgIpc) is 3.34. The van der Waals surface area contributed by atoms with Gasteiger partial charge in [-0.3, -0.25) is 0 Å². The summed E-state index contributed by atoms with van der Waals surface area (Å²) in [6.45, 7) is 20.2. The largest absolute Gasteiger partial charge is 0.697 e. The first-order chi connectivity index (χ1) is 22.6. The summed E-state index contributed by atoms with van der Waals surface area (Å²) in [7, 11) is -4.30. The van der Waals surface area contributed by atoms with Crippen LogP contribution in [0, 0.1) is 29.1 Å². The first kappa shape index (κ1) is 41.3. The van der Waals surface area contributed by atoms with E-state index < -0.39 is 28.7 Å². The number of rotatable bonds is 18. The van der Waals surface area contributed by atoms with Crippen LogP contribution < -0.4 is 0 Å². The van der Waals surface area contributed by atoms with E-state index in [1.54, 1.807) is 0 Å². The molecule has 2 N–H and O–H groups in total. The molecule has 3 fully saturated rings. The lowest BCUT2D eigenvalue weighted by atomic mass is 9.61. The maximum atomic E-state index is 12.2. The Morgan fingerprint density at radius 2 is 1.44 bits per heavy atom. The Bertz CT molecular complexity index is 1150. The minimum atomic E-state index is -2.15. The minimum absolute atomic E-state index is 0.157. The molecule has 48 heavy (non-hydrogen) atoms. The summed E-state index contributed by atoms with van der Waals surface area (Å²) in [5.74, 6) is 1.79. The van der Waals surface area contributed by atoms with Gasteiger partial charge in [0.1, 0.15) is 24.4 Å². The van der Waals surface area contributed by atoms with Crippen molar-refractivity contribution in [3.63, 3.8) is 0 Å². The second kappa shape index (κ2) is 19.5. The van der Waals surface area contributed by atoms with Gasteiger partial charge in [0.2, 0.25) is 0 Å². The van der Waals surface area contributed by atoms with E-state index in [2.05, 4.69) is 44.7 Å². The summed E-state index contributed by atoms with van der Waals surface area (Å²) in [4.78, 5) is 0. The van der Waals surface area contributed by atoms with Gasteiger partial charge >= 0.3 is 16.5 Å². The van der Waals surface area contributed by atoms with E-state index in [-0.39, 0.29) is 35.7 Å². The molecule has 0 radical (unpaired) electrons. The fourth-order valence-corrected chi connectivity index (χ4v) is 9.69. The lowest BCUT2D eigenvalue weighted by molar-refractivity contribution is 0.0862. The minimum Gasteiger partial charge on any atom is -0.393 e. The van der Waals surface area contributed by atoms with Crippen molar-refractivity contribution in [2.24, 2.45) is 29.1 Å². The van der Waals surface area contributed by atoms with Crippen molar-refractivity contribution in [3.05, 3.63) is 47.6 Å². The standard InChI is InChI=1S/C38H64O8P2/c1-25(2)43-47(41)45-28(6)13-16-31(17-14-29(7)46-48(42)44-26(3)4)15-12-27(5)35-20-21-36-32(11-10-22-38(35,36)9)18-19-33-23-34(39)24-37(40)30(33)8/h12,15,18-19,25-29,31,34-37,39-40H,8,10-11,13-14,16-17,20-24H2,1-7,9H3/q+2/t27-,28+,29?,31?,34?,35-,36?,37?,38-/m1/s1. The van der Waals surface area contributed by atoms with Crippen molar-refractivity contribution >= 4 is 16.5 Å². The van der Waals surface area contributed by atoms with Crippen LogP contribution in [0.15, 0.2) is 47.6 Å². The molecule has 0 aromatic rings. The molecule has 3 rings (SSSR count). The van der Waals surface area contributed by atoms with E-state index in [1.165, 1.54) is 31.3 Å². The van der Waals surface area contributed by atoms with Crippen LogP contribution in [-0.2, 0) is 27.2 Å². The summed E-state index contributed by atoms with van der Waals surface area (Å²) in [6.07, 6.45) is 17.3. The maximum Gasteiger partial charge on any atom is 0.697 e. The summed E-state index contributed by atoms with van der Waals surface area (Å²) >= 11 is 0. The van der Waals surface area contributed by atoms with Crippen molar-refractivity contribution in [2.75, 3.05) is 0 Å². The summed E-state index contributed by atoms with van der Waals surface area (Å²) in [5, 5.41) is 20.5. The third-order valence-corrected chi connectivity index (χ3v) is 12.9. The molecule has 0 bridgehead atoms. The summed E-state index contributed by atoms with van der Waals surface area (Å²) < 4.78 is 46.3. The predicted molar refractivity (Wildman–Crippen MR) is 194 cm³/mol. The van der Waals surface area contributed by atoms with Gasteiger partial charge in [0.15, 0.2) is 0 Å². The van der Waals surface area contributed by atoms with Gasteiger partial charge in [0.05, 0.1) is 12.2 Å². The Hall–Kier alpha value is -1.08. The van der Waals surface area contributed by atoms with Crippen LogP contribution in [0.5, 0.6) is 0 Å². The third kappa shape index (κ3) is 12.6. The number of fused-ring (bicyclic) bond motifs is 1. The predicted octanol–water partition coefficient (Wildman–Crippen LogP) is 10.5. The molecule has 3 aliphatic rings. The molecule has 0 amide bonds. The Morgan fingerprint density at radius 1 is 0.854 bits per heavy atom. The smallest absolute Gasteiger partial charge is 0.393 e. The number of aliphatic hydroxyl groups is 2. The van der Waals surface area contributed by atoms with Gasteiger partial charge in [0.25, 0.3) is 0 Å². The monoisotopic (exact) mass is 710 g/mol. The molecular formula is C38H64O8P2+2. The highest BCUT2D eigenvalue weighted by molar-refractivity contribution is 7.33. The maximum absolute atomic E-state index is 12.2. The Morgan fingerprint density at radius 3 is 2.00 bits per heavy atom. The van der Waals surface area contributed by atoms with Crippen LogP contribution in [0.1, 0.15) is 126 Å². The van der Waals surface area contributed by atoms with Crippen LogP contribution in [0.3, 0.4) is 0 Å². The van der Waals surface area contributed by atoms with Gasteiger partial charge < -0.3 is 10.2 Å². The molecule has 8 nitrogen and oxygen atoms in total. The van der Waals surface area contributed by atoms with Crippen molar-refractivity contribution < 1.29 is 37.4 Å². The van der Waals surface area contributed by atoms with Gasteiger partial charge in [-0.25, -0.2) is 0 Å². The zero-order valence-electron chi connectivity index (χ0n) is 30.8. The van der Waals surface area contributed by atoms with E-state index in [1.807, 2.05) is 41.5 Å². The zero-order valence-corrected chi connectivity index (χ0v) is 32.6. The SMILES string of the molecule is C=C1C(=CC=C2CCC[C@@]3(C)C2CC[C@@H]3[C@H](C)C=CC(CCC(C)O[P+](=O)OC(C)C)CC[C@H](C)O[P+](=O)OC(C)C)CC(O)CC1O. The van der Waals surface area contributed by atoms with Crippen molar-refractivity contribution in [1.29, 1.82) is 0 Å². The fourth-order valence-electron chi connectivity index (χ4n) is 8.10. The molecule has 0 aliphatic heterocycles. The van der Waals surface area contributed by atoms with E-state index in [0.717, 1.165) is 43.3 Å². The zero-order chi connectivity index (χ0) is 35.6. The molecule has 0 aromatic carbocycles. The highest BCUT2D eigenvalue weighted by Crippen LogP contribution is 2.59. The van der Waals surface area contributed by atoms with E-state index in [4.69, 9.17) is 18.1 Å². The van der Waals surface area contributed by atoms with Crippen molar-refractivity contribution in [1.82, 2.24) is 0 Å². The van der Waals surface area contributed by atoms with Crippen LogP contribution >= 0.6 is 16.5 Å². The van der Waals surface area contributed by atoms with Gasteiger partial charge in [-0.15, -0.1) is 18.1 Å². The normalized spacial score (nSPS) is 31.5. The van der Waals surface area contributed by atoms with Crippen molar-refractivity contribution in [2.45, 2.75) is 163 Å². The quantitative estimate of drug-likeness (QED) is 0.107. The molecule has 0 aromatic heterocycles. The Kier molecular flexibility index (Phi) is 16.8. The van der Waals surface area contributed by atoms with Gasteiger partial charge in [-0.2, -0.15) is 0 Å². The van der Waals surface area contributed by atoms with Gasteiger partial charge in [-0.05, 0) is 146 Å². The Balaban J connectivity index is 1.68. The molecule has 0 heterocycles. The number of allylic oxidation sites excluding steroid dienone is 5. The third-order valence-electron chi connectivity index (χ3n) is 10.6. The summed E-state index contributed by atoms with van der Waals surface area (Å²) in [6, 6.07) is 0. The molecule has 3 aliphatic carbocycles. The molecule has 272 valence electrons. The molecular weight excluding hydrogens is 646 g/mol. The van der Waals surface area contributed by atoms with E-state index >= 15 is 0 Å². The van der Waals surface area contributed by atoms with Crippen LogP contribution in [0.4, 0.5) is 0 Å². The average molecular weight is 711 g/mol. The number of hydrogen-bond acceptors (Lipinski definition) is 8. The lowest BCUT2D eigenvalue weighted by Gasteiger charge is -2.44. The highest BCUT2D eigenvalue weighted by atomic mass is 31.1. The Labute approximate surface area is 292 Å². The second-order valence-corrected chi connectivity index (χ2v) is 17.1. The van der Waals surface area contributed by atoms with E-state index in [0.29, 0.717) is 30.6 Å². The van der Waals surface area contributed by atoms with Gasteiger partial charge in [0, 0.05) is 15.6 Å².